The third-order valence-electron chi connectivity index (χ3n) is 2.63. The third kappa shape index (κ3) is 2.74. The second-order valence-electron chi connectivity index (χ2n) is 3.86. The summed E-state index contributed by atoms with van der Waals surface area (Å²) in [5, 5.41) is 0.675. The Kier molecular flexibility index (Phi) is 3.29. The second-order valence-corrected chi connectivity index (χ2v) is 4.29. The van der Waals surface area contributed by atoms with Crippen molar-refractivity contribution in [3.8, 4) is 11.8 Å². The lowest BCUT2D eigenvalue weighted by Crippen LogP contribution is -1.99. The van der Waals surface area contributed by atoms with E-state index in [1.54, 1.807) is 24.3 Å². The van der Waals surface area contributed by atoms with Crippen LogP contribution in [0, 0.1) is 20.8 Å². The number of rotatable bonds is 2. The first-order valence-corrected chi connectivity index (χ1v) is 5.69. The highest BCUT2D eigenvalue weighted by atomic mass is 35.5. The van der Waals surface area contributed by atoms with Crippen molar-refractivity contribution >= 4 is 11.6 Å². The molecule has 0 bridgehead atoms. The van der Waals surface area contributed by atoms with E-state index in [2.05, 4.69) is 9.97 Å². The molecule has 2 rings (SSSR count). The number of nitrogens with zero attached hydrogens (tertiary/aromatic N) is 2. The quantitative estimate of drug-likeness (QED) is 0.810. The molecule has 0 amide bonds. The molecule has 0 aliphatic rings. The molecule has 1 aromatic carbocycles. The van der Waals surface area contributed by atoms with Gasteiger partial charge in [-0.25, -0.2) is 0 Å². The first-order chi connectivity index (χ1) is 8.06. The lowest BCUT2D eigenvalue weighted by Gasteiger charge is -2.08. The zero-order valence-electron chi connectivity index (χ0n) is 9.99. The highest BCUT2D eigenvalue weighted by molar-refractivity contribution is 6.30. The Hall–Kier alpha value is -1.61. The van der Waals surface area contributed by atoms with E-state index < -0.39 is 0 Å². The Balaban J connectivity index is 2.27. The van der Waals surface area contributed by atoms with E-state index in [9.17, 15) is 0 Å². The smallest absolute Gasteiger partial charge is 0.322 e. The second kappa shape index (κ2) is 4.72. The molecule has 2 aromatic rings. The maximum atomic E-state index is 5.80. The van der Waals surface area contributed by atoms with Gasteiger partial charge in [-0.2, -0.15) is 9.97 Å². The van der Waals surface area contributed by atoms with Gasteiger partial charge in [-0.3, -0.25) is 0 Å². The van der Waals surface area contributed by atoms with Gasteiger partial charge in [0.05, 0.1) is 0 Å². The maximum absolute atomic E-state index is 5.80. The Bertz CT molecular complexity index is 515. The molecule has 1 heterocycles. The average Bonchev–Trinajstić information content (AvgIpc) is 2.29. The van der Waals surface area contributed by atoms with E-state index in [1.165, 1.54) is 0 Å². The summed E-state index contributed by atoms with van der Waals surface area (Å²) < 4.78 is 5.57. The molecule has 0 spiro atoms. The Labute approximate surface area is 105 Å². The van der Waals surface area contributed by atoms with Gasteiger partial charge in [-0.15, -0.1) is 0 Å². The van der Waals surface area contributed by atoms with E-state index >= 15 is 0 Å². The highest BCUT2D eigenvalue weighted by Crippen LogP contribution is 2.21. The van der Waals surface area contributed by atoms with Crippen LogP contribution in [0.4, 0.5) is 0 Å². The van der Waals surface area contributed by atoms with Crippen LogP contribution in [0.2, 0.25) is 5.02 Å². The van der Waals surface area contributed by atoms with E-state index in [0.29, 0.717) is 16.8 Å². The largest absolute Gasteiger partial charge is 0.424 e. The molecule has 3 nitrogen and oxygen atoms in total. The van der Waals surface area contributed by atoms with Crippen molar-refractivity contribution in [1.82, 2.24) is 9.97 Å². The van der Waals surface area contributed by atoms with Crippen LogP contribution in [0.15, 0.2) is 24.3 Å². The molecule has 17 heavy (non-hydrogen) atoms. The monoisotopic (exact) mass is 248 g/mol. The van der Waals surface area contributed by atoms with Crippen LogP contribution in [0.5, 0.6) is 11.8 Å². The molecule has 0 fully saturated rings. The summed E-state index contributed by atoms with van der Waals surface area (Å²) in [7, 11) is 0. The first-order valence-electron chi connectivity index (χ1n) is 5.31. The minimum absolute atomic E-state index is 0.368. The van der Waals surface area contributed by atoms with Crippen molar-refractivity contribution in [3.63, 3.8) is 0 Å². The summed E-state index contributed by atoms with van der Waals surface area (Å²) >= 11 is 5.80. The number of hydrogen-bond donors (Lipinski definition) is 0. The molecule has 0 saturated heterocycles. The predicted molar refractivity (Wildman–Crippen MR) is 67.8 cm³/mol. The highest BCUT2D eigenvalue weighted by Gasteiger charge is 2.06. The van der Waals surface area contributed by atoms with Gasteiger partial charge in [0.25, 0.3) is 0 Å². The van der Waals surface area contributed by atoms with E-state index in [1.807, 2.05) is 20.8 Å². The van der Waals surface area contributed by atoms with Crippen molar-refractivity contribution in [2.24, 2.45) is 0 Å². The number of benzene rings is 1. The Morgan fingerprint density at radius 1 is 0.941 bits per heavy atom. The van der Waals surface area contributed by atoms with Crippen molar-refractivity contribution in [1.29, 1.82) is 0 Å². The molecule has 1 aromatic heterocycles. The van der Waals surface area contributed by atoms with Crippen LogP contribution in [-0.4, -0.2) is 9.97 Å². The molecule has 0 aliphatic heterocycles. The predicted octanol–water partition coefficient (Wildman–Crippen LogP) is 3.85. The van der Waals surface area contributed by atoms with Crippen molar-refractivity contribution in [2.75, 3.05) is 0 Å². The molecular formula is C13H13ClN2O. The van der Waals surface area contributed by atoms with Crippen LogP contribution in [0.25, 0.3) is 0 Å². The van der Waals surface area contributed by atoms with Gasteiger partial charge in [0, 0.05) is 16.4 Å². The van der Waals surface area contributed by atoms with Gasteiger partial charge >= 0.3 is 6.01 Å². The van der Waals surface area contributed by atoms with E-state index in [4.69, 9.17) is 16.3 Å². The SMILES string of the molecule is Cc1nc(Oc2ccc(Cl)cc2)nc(C)c1C. The molecule has 0 aliphatic carbocycles. The van der Waals surface area contributed by atoms with E-state index in [0.717, 1.165) is 17.0 Å². The molecule has 4 heteroatoms. The zero-order valence-corrected chi connectivity index (χ0v) is 10.7. The van der Waals surface area contributed by atoms with Crippen LogP contribution in [-0.2, 0) is 0 Å². The molecular weight excluding hydrogens is 236 g/mol. The van der Waals surface area contributed by atoms with Crippen LogP contribution >= 0.6 is 11.6 Å². The summed E-state index contributed by atoms with van der Waals surface area (Å²) in [6.07, 6.45) is 0. The summed E-state index contributed by atoms with van der Waals surface area (Å²) in [5.41, 5.74) is 2.95. The number of aryl methyl sites for hydroxylation is 2. The van der Waals surface area contributed by atoms with Crippen LogP contribution in [0.3, 0.4) is 0 Å². The number of ether oxygens (including phenoxy) is 1. The molecule has 0 N–H and O–H groups in total. The molecule has 0 radical (unpaired) electrons. The number of halogens is 1. The molecule has 0 unspecified atom stereocenters. The van der Waals surface area contributed by atoms with Crippen molar-refractivity contribution in [3.05, 3.63) is 46.2 Å². The third-order valence-corrected chi connectivity index (χ3v) is 2.89. The fourth-order valence-electron chi connectivity index (χ4n) is 1.40. The summed E-state index contributed by atoms with van der Waals surface area (Å²) in [4.78, 5) is 8.57. The van der Waals surface area contributed by atoms with Gasteiger partial charge in [-0.1, -0.05) is 11.6 Å². The zero-order chi connectivity index (χ0) is 12.4. The fourth-order valence-corrected chi connectivity index (χ4v) is 1.52. The fraction of sp³-hybridized carbons (Fsp3) is 0.231. The number of aromatic nitrogens is 2. The number of hydrogen-bond acceptors (Lipinski definition) is 3. The minimum Gasteiger partial charge on any atom is -0.424 e. The van der Waals surface area contributed by atoms with Crippen molar-refractivity contribution < 1.29 is 4.74 Å². The average molecular weight is 249 g/mol. The minimum atomic E-state index is 0.368. The Morgan fingerprint density at radius 3 is 2.00 bits per heavy atom. The van der Waals surface area contributed by atoms with Gasteiger partial charge in [0.1, 0.15) is 5.75 Å². The van der Waals surface area contributed by atoms with Crippen LogP contribution < -0.4 is 4.74 Å². The molecule has 0 saturated carbocycles. The standard InChI is InChI=1S/C13H13ClN2O/c1-8-9(2)15-13(16-10(8)3)17-12-6-4-11(14)5-7-12/h4-7H,1-3H3. The lowest BCUT2D eigenvalue weighted by molar-refractivity contribution is 0.438. The van der Waals surface area contributed by atoms with E-state index in [-0.39, 0.29) is 0 Å². The normalized spacial score (nSPS) is 10.4. The molecule has 88 valence electrons. The molecule has 0 atom stereocenters. The topological polar surface area (TPSA) is 35.0 Å². The van der Waals surface area contributed by atoms with Gasteiger partial charge in [0.15, 0.2) is 0 Å². The van der Waals surface area contributed by atoms with Crippen molar-refractivity contribution in [2.45, 2.75) is 20.8 Å². The maximum Gasteiger partial charge on any atom is 0.322 e. The first kappa shape index (κ1) is 11.9. The van der Waals surface area contributed by atoms with Gasteiger partial charge in [-0.05, 0) is 50.6 Å². The van der Waals surface area contributed by atoms with Gasteiger partial charge in [0.2, 0.25) is 0 Å². The summed E-state index contributed by atoms with van der Waals surface area (Å²) in [6, 6.07) is 7.48. The summed E-state index contributed by atoms with van der Waals surface area (Å²) in [5.74, 6) is 0.678. The summed E-state index contributed by atoms with van der Waals surface area (Å²) in [6.45, 7) is 5.88. The Morgan fingerprint density at radius 2 is 1.47 bits per heavy atom. The van der Waals surface area contributed by atoms with Crippen LogP contribution in [0.1, 0.15) is 17.0 Å². The lowest BCUT2D eigenvalue weighted by atomic mass is 10.2. The van der Waals surface area contributed by atoms with Gasteiger partial charge < -0.3 is 4.74 Å².